The Hall–Kier alpha value is -2.93. The van der Waals surface area contributed by atoms with Crippen molar-refractivity contribution in [3.05, 3.63) is 59.9 Å². The molecule has 2 amide bonds. The maximum Gasteiger partial charge on any atom is 0.251 e. The number of morpholine rings is 1. The zero-order valence-corrected chi connectivity index (χ0v) is 16.4. The van der Waals surface area contributed by atoms with Crippen LogP contribution >= 0.6 is 0 Å². The van der Waals surface area contributed by atoms with E-state index in [1.54, 1.807) is 19.5 Å². The van der Waals surface area contributed by atoms with Gasteiger partial charge in [0.2, 0.25) is 5.91 Å². The zero-order valence-electron chi connectivity index (χ0n) is 16.4. The average molecular weight is 395 g/mol. The van der Waals surface area contributed by atoms with E-state index in [9.17, 15) is 9.59 Å². The molecule has 1 aliphatic heterocycles. The molecular weight excluding hydrogens is 370 g/mol. The van der Waals surface area contributed by atoms with E-state index in [-0.39, 0.29) is 24.5 Å². The Morgan fingerprint density at radius 1 is 1.28 bits per heavy atom. The first-order valence-electron chi connectivity index (χ1n) is 9.90. The molecule has 1 aliphatic carbocycles. The Balaban J connectivity index is 1.50. The standard InChI is InChI=1S/C22H25N3O4/c1-28-18-8-4-16(5-9-18)20-21(29-14-19(26)25(20)17-6-7-17)22(27)24-12-10-15-3-2-11-23-13-15/h2-5,8-9,11,13,17,20-21H,6-7,10,12,14H2,1H3,(H,24,27)/t20-,21+/m1/s1. The predicted molar refractivity (Wildman–Crippen MR) is 106 cm³/mol. The maximum atomic E-state index is 13.0. The third kappa shape index (κ3) is 4.40. The van der Waals surface area contributed by atoms with E-state index >= 15 is 0 Å². The highest BCUT2D eigenvalue weighted by atomic mass is 16.5. The number of ether oxygens (including phenoxy) is 2. The summed E-state index contributed by atoms with van der Waals surface area (Å²) in [6, 6.07) is 11.1. The summed E-state index contributed by atoms with van der Waals surface area (Å²) in [6.45, 7) is 0.418. The summed E-state index contributed by atoms with van der Waals surface area (Å²) >= 11 is 0. The van der Waals surface area contributed by atoms with Crippen molar-refractivity contribution in [2.24, 2.45) is 0 Å². The van der Waals surface area contributed by atoms with Crippen molar-refractivity contribution in [2.45, 2.75) is 37.5 Å². The van der Waals surface area contributed by atoms with Crippen LogP contribution in [0.25, 0.3) is 0 Å². The van der Waals surface area contributed by atoms with Crippen LogP contribution < -0.4 is 10.1 Å². The van der Waals surface area contributed by atoms with Crippen molar-refractivity contribution < 1.29 is 19.1 Å². The van der Waals surface area contributed by atoms with E-state index in [1.807, 2.05) is 41.3 Å². The molecule has 1 N–H and O–H groups in total. The molecule has 0 radical (unpaired) electrons. The van der Waals surface area contributed by atoms with Crippen molar-refractivity contribution >= 4 is 11.8 Å². The molecule has 1 saturated carbocycles. The molecule has 152 valence electrons. The van der Waals surface area contributed by atoms with Crippen LogP contribution in [0.4, 0.5) is 0 Å². The number of pyridine rings is 1. The van der Waals surface area contributed by atoms with Crippen LogP contribution in [-0.2, 0) is 20.7 Å². The van der Waals surface area contributed by atoms with Gasteiger partial charge in [-0.2, -0.15) is 0 Å². The Morgan fingerprint density at radius 2 is 2.07 bits per heavy atom. The molecule has 1 saturated heterocycles. The summed E-state index contributed by atoms with van der Waals surface area (Å²) in [5, 5.41) is 2.96. The van der Waals surface area contributed by atoms with Gasteiger partial charge in [-0.1, -0.05) is 18.2 Å². The summed E-state index contributed by atoms with van der Waals surface area (Å²) < 4.78 is 11.0. The Bertz CT molecular complexity index is 852. The van der Waals surface area contributed by atoms with Gasteiger partial charge in [-0.15, -0.1) is 0 Å². The van der Waals surface area contributed by atoms with Crippen LogP contribution in [0.5, 0.6) is 5.75 Å². The molecule has 1 aromatic carbocycles. The SMILES string of the molecule is COc1ccc([C@@H]2[C@@H](C(=O)NCCc3cccnc3)OCC(=O)N2C2CC2)cc1. The highest BCUT2D eigenvalue weighted by Crippen LogP contribution is 2.39. The van der Waals surface area contributed by atoms with Gasteiger partial charge < -0.3 is 19.7 Å². The van der Waals surface area contributed by atoms with E-state index in [0.717, 1.165) is 29.7 Å². The van der Waals surface area contributed by atoms with Gasteiger partial charge in [-0.3, -0.25) is 14.6 Å². The Kier molecular flexibility index (Phi) is 5.76. The first-order valence-corrected chi connectivity index (χ1v) is 9.90. The van der Waals surface area contributed by atoms with Gasteiger partial charge in [0.05, 0.1) is 13.2 Å². The number of hydrogen-bond donors (Lipinski definition) is 1. The van der Waals surface area contributed by atoms with Gasteiger partial charge in [0.25, 0.3) is 5.91 Å². The fourth-order valence-corrected chi connectivity index (χ4v) is 3.74. The van der Waals surface area contributed by atoms with Crippen LogP contribution in [0.3, 0.4) is 0 Å². The first kappa shape index (κ1) is 19.4. The lowest BCUT2D eigenvalue weighted by Gasteiger charge is -2.40. The van der Waals surface area contributed by atoms with Gasteiger partial charge in [0.15, 0.2) is 6.10 Å². The molecule has 0 bridgehead atoms. The lowest BCUT2D eigenvalue weighted by molar-refractivity contribution is -0.165. The van der Waals surface area contributed by atoms with Gasteiger partial charge in [0, 0.05) is 25.0 Å². The quantitative estimate of drug-likeness (QED) is 0.774. The molecule has 7 heteroatoms. The molecule has 7 nitrogen and oxygen atoms in total. The van der Waals surface area contributed by atoms with Gasteiger partial charge >= 0.3 is 0 Å². The zero-order chi connectivity index (χ0) is 20.2. The first-order chi connectivity index (χ1) is 14.2. The summed E-state index contributed by atoms with van der Waals surface area (Å²) in [4.78, 5) is 31.5. The second-order valence-corrected chi connectivity index (χ2v) is 7.38. The fraction of sp³-hybridized carbons (Fsp3) is 0.409. The second-order valence-electron chi connectivity index (χ2n) is 7.38. The van der Waals surface area contributed by atoms with Crippen molar-refractivity contribution in [3.63, 3.8) is 0 Å². The molecule has 29 heavy (non-hydrogen) atoms. The molecule has 2 atom stereocenters. The predicted octanol–water partition coefficient (Wildman–Crippen LogP) is 1.88. The van der Waals surface area contributed by atoms with Crippen LogP contribution in [0.2, 0.25) is 0 Å². The van der Waals surface area contributed by atoms with Crippen LogP contribution in [0.15, 0.2) is 48.8 Å². The lowest BCUT2D eigenvalue weighted by atomic mass is 9.96. The van der Waals surface area contributed by atoms with Crippen LogP contribution in [-0.4, -0.2) is 54.1 Å². The number of nitrogens with zero attached hydrogens (tertiary/aromatic N) is 2. The van der Waals surface area contributed by atoms with Gasteiger partial charge in [-0.25, -0.2) is 0 Å². The second kappa shape index (κ2) is 8.61. The van der Waals surface area contributed by atoms with Crippen LogP contribution in [0, 0.1) is 0 Å². The monoisotopic (exact) mass is 395 g/mol. The maximum absolute atomic E-state index is 13.0. The van der Waals surface area contributed by atoms with Gasteiger partial charge in [-0.05, 0) is 48.6 Å². The highest BCUT2D eigenvalue weighted by molar-refractivity contribution is 5.86. The normalized spacial score (nSPS) is 21.7. The number of hydrogen-bond acceptors (Lipinski definition) is 5. The average Bonchev–Trinajstić information content (AvgIpc) is 3.59. The van der Waals surface area contributed by atoms with E-state index < -0.39 is 12.1 Å². The highest BCUT2D eigenvalue weighted by Gasteiger charge is 2.47. The molecule has 0 spiro atoms. The van der Waals surface area contributed by atoms with Crippen molar-refractivity contribution in [1.29, 1.82) is 0 Å². The molecule has 2 fully saturated rings. The largest absolute Gasteiger partial charge is 0.497 e. The summed E-state index contributed by atoms with van der Waals surface area (Å²) in [5.41, 5.74) is 1.93. The van der Waals surface area contributed by atoms with Gasteiger partial charge in [0.1, 0.15) is 12.4 Å². The molecular formula is C22H25N3O4. The molecule has 2 aliphatic rings. The topological polar surface area (TPSA) is 80.8 Å². The number of nitrogens with one attached hydrogen (secondary N) is 1. The number of carbonyl (C=O) groups is 2. The number of amides is 2. The smallest absolute Gasteiger partial charge is 0.251 e. The molecule has 0 unspecified atom stereocenters. The minimum atomic E-state index is -0.740. The summed E-state index contributed by atoms with van der Waals surface area (Å²) in [5.74, 6) is 0.466. The summed E-state index contributed by atoms with van der Waals surface area (Å²) in [7, 11) is 1.61. The molecule has 1 aromatic heterocycles. The number of aromatic nitrogens is 1. The Morgan fingerprint density at radius 3 is 2.72 bits per heavy atom. The van der Waals surface area contributed by atoms with Crippen molar-refractivity contribution in [2.75, 3.05) is 20.3 Å². The minimum Gasteiger partial charge on any atom is -0.497 e. The number of rotatable bonds is 7. The fourth-order valence-electron chi connectivity index (χ4n) is 3.74. The number of benzene rings is 1. The molecule has 4 rings (SSSR count). The third-order valence-corrected chi connectivity index (χ3v) is 5.35. The Labute approximate surface area is 170 Å². The van der Waals surface area contributed by atoms with Crippen molar-refractivity contribution in [1.82, 2.24) is 15.2 Å². The van der Waals surface area contributed by atoms with E-state index in [4.69, 9.17) is 9.47 Å². The molecule has 2 heterocycles. The number of methoxy groups -OCH3 is 1. The minimum absolute atomic E-state index is 0.0623. The third-order valence-electron chi connectivity index (χ3n) is 5.35. The van der Waals surface area contributed by atoms with E-state index in [2.05, 4.69) is 10.3 Å². The van der Waals surface area contributed by atoms with E-state index in [0.29, 0.717) is 13.0 Å². The lowest BCUT2D eigenvalue weighted by Crippen LogP contribution is -2.55. The molecule has 2 aromatic rings. The van der Waals surface area contributed by atoms with Crippen molar-refractivity contribution in [3.8, 4) is 5.75 Å². The number of carbonyl (C=O) groups excluding carboxylic acids is 2. The summed E-state index contributed by atoms with van der Waals surface area (Å²) in [6.07, 6.45) is 5.39. The van der Waals surface area contributed by atoms with Crippen LogP contribution in [0.1, 0.15) is 30.0 Å². The van der Waals surface area contributed by atoms with E-state index in [1.165, 1.54) is 0 Å².